The van der Waals surface area contributed by atoms with E-state index in [1.54, 1.807) is 6.07 Å². The van der Waals surface area contributed by atoms with E-state index in [-0.39, 0.29) is 6.61 Å². The maximum Gasteiger partial charge on any atom is 0.127 e. The Balaban J connectivity index is 2.01. The van der Waals surface area contributed by atoms with Crippen molar-refractivity contribution in [3.63, 3.8) is 0 Å². The van der Waals surface area contributed by atoms with Crippen molar-refractivity contribution >= 4 is 10.8 Å². The molecule has 3 heteroatoms. The average molecular weight is 264 g/mol. The molecule has 3 nitrogen and oxygen atoms in total. The predicted octanol–water partition coefficient (Wildman–Crippen LogP) is 2.58. The minimum atomic E-state index is -2.61. The van der Waals surface area contributed by atoms with Crippen LogP contribution >= 0.6 is 0 Å². The average Bonchev–Trinajstić information content (AvgIpc) is 2.51. The van der Waals surface area contributed by atoms with E-state index in [9.17, 15) is 5.11 Å². The Morgan fingerprint density at radius 3 is 3.00 bits per heavy atom. The van der Waals surface area contributed by atoms with E-state index in [1.165, 1.54) is 0 Å². The van der Waals surface area contributed by atoms with E-state index in [4.69, 9.17) is 11.6 Å². The first-order chi connectivity index (χ1) is 11.1. The van der Waals surface area contributed by atoms with Gasteiger partial charge in [-0.3, -0.25) is 0 Å². The largest absolute Gasteiger partial charge is 0.490 e. The summed E-state index contributed by atoms with van der Waals surface area (Å²) in [5.74, 6) is 0.573. The van der Waals surface area contributed by atoms with Crippen molar-refractivity contribution in [2.75, 3.05) is 13.1 Å². The van der Waals surface area contributed by atoms with Crippen LogP contribution in [0.5, 0.6) is 5.75 Å². The summed E-state index contributed by atoms with van der Waals surface area (Å²) >= 11 is 0. The Morgan fingerprint density at radius 2 is 2.16 bits per heavy atom. The molecule has 0 saturated carbocycles. The van der Waals surface area contributed by atoms with Crippen LogP contribution in [0, 0.1) is 0 Å². The smallest absolute Gasteiger partial charge is 0.127 e. The molecule has 0 saturated heterocycles. The van der Waals surface area contributed by atoms with Crippen molar-refractivity contribution in [1.29, 1.82) is 0 Å². The lowest BCUT2D eigenvalue weighted by molar-refractivity contribution is 0.105. The van der Waals surface area contributed by atoms with E-state index in [1.807, 2.05) is 36.4 Å². The van der Waals surface area contributed by atoms with Crippen LogP contribution in [-0.2, 0) is 0 Å². The third-order valence-corrected chi connectivity index (χ3v) is 2.65. The quantitative estimate of drug-likeness (QED) is 0.842. The van der Waals surface area contributed by atoms with Gasteiger partial charge in [-0.25, -0.2) is 0 Å². The molecule has 2 rings (SSSR count). The molecule has 2 aromatic carbocycles. The Labute approximate surface area is 121 Å². The van der Waals surface area contributed by atoms with E-state index in [0.717, 1.165) is 17.7 Å². The maximum atomic E-state index is 10.0. The van der Waals surface area contributed by atoms with Crippen LogP contribution in [0.15, 0.2) is 42.5 Å². The highest BCUT2D eigenvalue weighted by molar-refractivity contribution is 5.88. The topological polar surface area (TPSA) is 41.5 Å². The minimum absolute atomic E-state index is 0.188. The highest BCUT2D eigenvalue weighted by Gasteiger charge is 2.07. The van der Waals surface area contributed by atoms with Gasteiger partial charge >= 0.3 is 0 Å². The van der Waals surface area contributed by atoms with Gasteiger partial charge in [0.2, 0.25) is 0 Å². The van der Waals surface area contributed by atoms with Crippen molar-refractivity contribution < 1.29 is 16.7 Å². The summed E-state index contributed by atoms with van der Waals surface area (Å²) in [5, 5.41) is 14.2. The molecule has 0 aliphatic carbocycles. The first-order valence-electron chi connectivity index (χ1n) is 8.68. The first-order valence-corrected chi connectivity index (χ1v) is 6.10. The van der Waals surface area contributed by atoms with Crippen LogP contribution in [0.1, 0.15) is 20.6 Å². The number of aliphatic hydroxyl groups excluding tert-OH is 1. The molecule has 3 unspecified atom stereocenters. The highest BCUT2D eigenvalue weighted by Crippen LogP contribution is 2.25. The van der Waals surface area contributed by atoms with Crippen LogP contribution in [0.2, 0.25) is 0 Å². The number of aliphatic hydroxyl groups is 1. The molecular formula is C16H21NO2. The summed E-state index contributed by atoms with van der Waals surface area (Å²) in [6.07, 6.45) is -1.28. The fraction of sp³-hybridized carbons (Fsp3) is 0.375. The molecule has 19 heavy (non-hydrogen) atoms. The number of benzene rings is 2. The molecule has 102 valence electrons. The van der Waals surface area contributed by atoms with Gasteiger partial charge in [-0.2, -0.15) is 0 Å². The lowest BCUT2D eigenvalue weighted by atomic mass is 10.1. The van der Waals surface area contributed by atoms with Gasteiger partial charge in [-0.05, 0) is 11.5 Å². The molecule has 0 aliphatic heterocycles. The van der Waals surface area contributed by atoms with Gasteiger partial charge in [-0.15, -0.1) is 0 Å². The van der Waals surface area contributed by atoms with Crippen molar-refractivity contribution in [2.45, 2.75) is 25.9 Å². The first kappa shape index (κ1) is 8.56. The zero-order valence-corrected chi connectivity index (χ0v) is 10.8. The predicted molar refractivity (Wildman–Crippen MR) is 78.6 cm³/mol. The minimum Gasteiger partial charge on any atom is -0.490 e. The van der Waals surface area contributed by atoms with Crippen LogP contribution < -0.4 is 10.1 Å². The summed E-state index contributed by atoms with van der Waals surface area (Å²) in [7, 11) is 0. The molecule has 2 N–H and O–H groups in total. The number of nitrogens with one attached hydrogen (secondary N) is 1. The summed E-state index contributed by atoms with van der Waals surface area (Å²) in [5.41, 5.74) is 0. The lowest BCUT2D eigenvalue weighted by Crippen LogP contribution is -2.35. The van der Waals surface area contributed by atoms with Gasteiger partial charge in [0.1, 0.15) is 18.5 Å². The van der Waals surface area contributed by atoms with E-state index in [2.05, 4.69) is 5.32 Å². The molecule has 2 aromatic rings. The van der Waals surface area contributed by atoms with Gasteiger partial charge in [0.15, 0.2) is 0 Å². The molecule has 0 heterocycles. The molecule has 0 radical (unpaired) electrons. The van der Waals surface area contributed by atoms with Crippen molar-refractivity contribution in [3.8, 4) is 5.75 Å². The van der Waals surface area contributed by atoms with Gasteiger partial charge in [0.25, 0.3) is 0 Å². The number of fused-ring (bicyclic) bond motifs is 1. The fourth-order valence-electron chi connectivity index (χ4n) is 1.77. The molecule has 0 bridgehead atoms. The lowest BCUT2D eigenvalue weighted by Gasteiger charge is -2.15. The molecule has 0 amide bonds. The zero-order valence-electron chi connectivity index (χ0n) is 15.8. The third kappa shape index (κ3) is 3.94. The summed E-state index contributed by atoms with van der Waals surface area (Å²) in [6, 6.07) is 11.1. The zero-order chi connectivity index (χ0) is 18.0. The molecule has 0 fully saturated rings. The number of hydrogen-bond donors (Lipinski definition) is 2. The second kappa shape index (κ2) is 6.55. The van der Waals surface area contributed by atoms with Crippen LogP contribution in [0.4, 0.5) is 0 Å². The SMILES string of the molecule is [2H]C(NC([2H])(C)C([2H])([2H])[2H])C(O)COc1cccc2ccccc12. The molecule has 0 aliphatic rings. The molecule has 0 spiro atoms. The fourth-order valence-corrected chi connectivity index (χ4v) is 1.77. The Bertz CT molecular complexity index is 684. The number of rotatable bonds is 6. The highest BCUT2D eigenvalue weighted by atomic mass is 16.5. The summed E-state index contributed by atoms with van der Waals surface area (Å²) in [6.45, 7) is -3.00. The monoisotopic (exact) mass is 264 g/mol. The van der Waals surface area contributed by atoms with Gasteiger partial charge in [0, 0.05) is 24.8 Å². The summed E-state index contributed by atoms with van der Waals surface area (Å²) in [4.78, 5) is 0. The van der Waals surface area contributed by atoms with Crippen LogP contribution in [-0.4, -0.2) is 30.4 Å². The molecule has 0 aromatic heterocycles. The van der Waals surface area contributed by atoms with Gasteiger partial charge in [0.05, 0.1) is 0 Å². The van der Waals surface area contributed by atoms with Gasteiger partial charge < -0.3 is 15.2 Å². The second-order valence-electron chi connectivity index (χ2n) is 4.29. The van der Waals surface area contributed by atoms with Crippen molar-refractivity contribution in [2.24, 2.45) is 0 Å². The maximum absolute atomic E-state index is 10.0. The number of ether oxygens (including phenoxy) is 1. The van der Waals surface area contributed by atoms with Crippen molar-refractivity contribution in [1.82, 2.24) is 5.32 Å². The van der Waals surface area contributed by atoms with Gasteiger partial charge in [-0.1, -0.05) is 50.2 Å². The van der Waals surface area contributed by atoms with E-state index in [0.29, 0.717) is 5.75 Å². The Kier molecular flexibility index (Phi) is 2.95. The molecule has 3 atom stereocenters. The normalized spacial score (nSPS) is 22.1. The Morgan fingerprint density at radius 1 is 1.37 bits per heavy atom. The van der Waals surface area contributed by atoms with Crippen LogP contribution in [0.3, 0.4) is 0 Å². The number of hydrogen-bond acceptors (Lipinski definition) is 3. The van der Waals surface area contributed by atoms with Crippen LogP contribution in [0.25, 0.3) is 10.8 Å². The van der Waals surface area contributed by atoms with Crippen molar-refractivity contribution in [3.05, 3.63) is 42.5 Å². The third-order valence-electron chi connectivity index (χ3n) is 2.65. The van der Waals surface area contributed by atoms with E-state index >= 15 is 0 Å². The summed E-state index contributed by atoms with van der Waals surface area (Å²) < 4.78 is 43.0. The van der Waals surface area contributed by atoms with E-state index < -0.39 is 25.5 Å². The standard InChI is InChI=1S/C16H21NO2/c1-12(2)17-10-14(18)11-19-16-9-5-7-13-6-3-4-8-15(13)16/h3-9,12,14,17-18H,10-11H2,1-2H3/i1D3,10D,12D. The Hall–Kier alpha value is -1.58. The second-order valence-corrected chi connectivity index (χ2v) is 4.29. The molecular weight excluding hydrogens is 238 g/mol.